The predicted molar refractivity (Wildman–Crippen MR) is 103 cm³/mol. The smallest absolute Gasteiger partial charge is 0.236 e. The second-order valence-electron chi connectivity index (χ2n) is 5.37. The van der Waals surface area contributed by atoms with Gasteiger partial charge in [-0.3, -0.25) is 13.9 Å². The van der Waals surface area contributed by atoms with E-state index < -0.39 is 0 Å². The van der Waals surface area contributed by atoms with Crippen molar-refractivity contribution in [2.24, 2.45) is 0 Å². The minimum atomic E-state index is -0.0725. The highest BCUT2D eigenvalue weighted by atomic mass is 79.9. The Morgan fingerprint density at radius 1 is 1.24 bits per heavy atom. The molecule has 1 aromatic carbocycles. The van der Waals surface area contributed by atoms with E-state index in [1.165, 1.54) is 11.8 Å². The van der Waals surface area contributed by atoms with Crippen molar-refractivity contribution in [2.75, 3.05) is 11.1 Å². The fraction of sp³-hybridized carbons (Fsp3) is 0.235. The molecule has 6 nitrogen and oxygen atoms in total. The Balaban J connectivity index is 1.67. The second-order valence-corrected chi connectivity index (χ2v) is 7.23. The van der Waals surface area contributed by atoms with Crippen molar-refractivity contribution in [1.82, 2.24) is 19.3 Å². The zero-order chi connectivity index (χ0) is 17.6. The third-order valence-electron chi connectivity index (χ3n) is 3.42. The maximum atomic E-state index is 12.2. The van der Waals surface area contributed by atoms with Gasteiger partial charge in [0.2, 0.25) is 11.9 Å². The van der Waals surface area contributed by atoms with Crippen LogP contribution in [0.3, 0.4) is 0 Å². The summed E-state index contributed by atoms with van der Waals surface area (Å²) in [6.07, 6.45) is 4.83. The molecule has 3 aromatic rings. The van der Waals surface area contributed by atoms with Crippen molar-refractivity contribution >= 4 is 39.3 Å². The molecule has 8 heteroatoms. The molecule has 3 rings (SSSR count). The molecule has 130 valence electrons. The van der Waals surface area contributed by atoms with E-state index in [9.17, 15) is 4.79 Å². The molecular formula is C17H18BrN5OS. The summed E-state index contributed by atoms with van der Waals surface area (Å²) in [6, 6.07) is 11.4. The van der Waals surface area contributed by atoms with Crippen LogP contribution in [0, 0.1) is 0 Å². The molecule has 0 aliphatic heterocycles. The third-order valence-corrected chi connectivity index (χ3v) is 4.88. The van der Waals surface area contributed by atoms with Gasteiger partial charge in [0.25, 0.3) is 0 Å². The van der Waals surface area contributed by atoms with Crippen LogP contribution in [-0.4, -0.2) is 31.0 Å². The number of anilines is 1. The van der Waals surface area contributed by atoms with E-state index in [4.69, 9.17) is 0 Å². The van der Waals surface area contributed by atoms with Crippen LogP contribution in [0.1, 0.15) is 13.3 Å². The van der Waals surface area contributed by atoms with Crippen LogP contribution in [0.5, 0.6) is 0 Å². The Bertz CT molecular complexity index is 847. The molecule has 0 unspecified atom stereocenters. The number of benzene rings is 1. The predicted octanol–water partition coefficient (Wildman–Crippen LogP) is 3.97. The van der Waals surface area contributed by atoms with E-state index in [2.05, 4.69) is 38.4 Å². The number of nitrogens with one attached hydrogen (secondary N) is 1. The first-order chi connectivity index (χ1) is 12.2. The molecule has 0 saturated heterocycles. The fourth-order valence-corrected chi connectivity index (χ4v) is 3.52. The summed E-state index contributed by atoms with van der Waals surface area (Å²) < 4.78 is 4.89. The van der Waals surface area contributed by atoms with Crippen molar-refractivity contribution in [2.45, 2.75) is 25.0 Å². The van der Waals surface area contributed by atoms with Crippen LogP contribution in [-0.2, 0) is 11.3 Å². The van der Waals surface area contributed by atoms with Crippen molar-refractivity contribution in [3.8, 4) is 5.95 Å². The lowest BCUT2D eigenvalue weighted by atomic mass is 10.3. The number of thioether (sulfide) groups is 1. The van der Waals surface area contributed by atoms with Crippen molar-refractivity contribution < 1.29 is 4.79 Å². The van der Waals surface area contributed by atoms with E-state index in [1.807, 2.05) is 57.9 Å². The van der Waals surface area contributed by atoms with Gasteiger partial charge in [0, 0.05) is 29.1 Å². The van der Waals surface area contributed by atoms with Gasteiger partial charge in [0.1, 0.15) is 0 Å². The Labute approximate surface area is 158 Å². The van der Waals surface area contributed by atoms with E-state index in [0.717, 1.165) is 34.2 Å². The van der Waals surface area contributed by atoms with Crippen molar-refractivity contribution in [3.63, 3.8) is 0 Å². The molecule has 0 bridgehead atoms. The first-order valence-corrected chi connectivity index (χ1v) is 9.70. The maximum Gasteiger partial charge on any atom is 0.236 e. The molecule has 0 aliphatic rings. The molecule has 1 amide bonds. The number of carbonyl (C=O) groups is 1. The number of hydrogen-bond acceptors (Lipinski definition) is 4. The van der Waals surface area contributed by atoms with Gasteiger partial charge in [0.15, 0.2) is 5.16 Å². The van der Waals surface area contributed by atoms with E-state index in [0.29, 0.717) is 0 Å². The fourth-order valence-electron chi connectivity index (χ4n) is 2.36. The van der Waals surface area contributed by atoms with Gasteiger partial charge in [-0.25, -0.2) is 0 Å². The highest BCUT2D eigenvalue weighted by molar-refractivity contribution is 9.10. The van der Waals surface area contributed by atoms with Gasteiger partial charge in [0.05, 0.1) is 5.75 Å². The molecular weight excluding hydrogens is 402 g/mol. The lowest BCUT2D eigenvalue weighted by molar-refractivity contribution is -0.113. The van der Waals surface area contributed by atoms with Crippen LogP contribution in [0.25, 0.3) is 5.95 Å². The van der Waals surface area contributed by atoms with Gasteiger partial charge in [-0.15, -0.1) is 10.2 Å². The van der Waals surface area contributed by atoms with E-state index >= 15 is 0 Å². The summed E-state index contributed by atoms with van der Waals surface area (Å²) >= 11 is 4.78. The highest BCUT2D eigenvalue weighted by Crippen LogP contribution is 2.21. The van der Waals surface area contributed by atoms with Gasteiger partial charge in [-0.1, -0.05) is 40.7 Å². The normalized spacial score (nSPS) is 10.8. The first kappa shape index (κ1) is 17.8. The molecule has 0 atom stereocenters. The highest BCUT2D eigenvalue weighted by Gasteiger charge is 2.14. The number of rotatable bonds is 7. The topological polar surface area (TPSA) is 64.7 Å². The number of amides is 1. The maximum absolute atomic E-state index is 12.2. The zero-order valence-corrected chi connectivity index (χ0v) is 16.1. The SMILES string of the molecule is CCCn1c(SCC(=O)Nc2cccc(Br)c2)nnc1-n1cccc1. The summed E-state index contributed by atoms with van der Waals surface area (Å²) in [5, 5.41) is 12.2. The quantitative estimate of drug-likeness (QED) is 0.588. The zero-order valence-electron chi connectivity index (χ0n) is 13.7. The Morgan fingerprint density at radius 3 is 2.76 bits per heavy atom. The Kier molecular flexibility index (Phi) is 5.93. The monoisotopic (exact) mass is 419 g/mol. The number of nitrogens with zero attached hydrogens (tertiary/aromatic N) is 4. The van der Waals surface area contributed by atoms with E-state index in [1.54, 1.807) is 0 Å². The molecule has 1 N–H and O–H groups in total. The van der Waals surface area contributed by atoms with Crippen LogP contribution < -0.4 is 5.32 Å². The van der Waals surface area contributed by atoms with Crippen LogP contribution in [0.15, 0.2) is 58.4 Å². The number of carbonyl (C=O) groups excluding carboxylic acids is 1. The summed E-state index contributed by atoms with van der Waals surface area (Å²) in [6.45, 7) is 2.91. The minimum Gasteiger partial charge on any atom is -0.325 e. The molecule has 2 aromatic heterocycles. The molecule has 0 spiro atoms. The second kappa shape index (κ2) is 8.35. The van der Waals surface area contributed by atoms with Gasteiger partial charge in [-0.2, -0.15) is 0 Å². The first-order valence-electron chi connectivity index (χ1n) is 7.92. The molecule has 25 heavy (non-hydrogen) atoms. The number of halogens is 1. The van der Waals surface area contributed by atoms with Gasteiger partial charge >= 0.3 is 0 Å². The molecule has 0 saturated carbocycles. The van der Waals surface area contributed by atoms with Crippen LogP contribution in [0.4, 0.5) is 5.69 Å². The van der Waals surface area contributed by atoms with Crippen molar-refractivity contribution in [1.29, 1.82) is 0 Å². The number of hydrogen-bond donors (Lipinski definition) is 1. The summed E-state index contributed by atoms with van der Waals surface area (Å²) in [5.41, 5.74) is 0.767. The van der Waals surface area contributed by atoms with Crippen LogP contribution >= 0.6 is 27.7 Å². The summed E-state index contributed by atoms with van der Waals surface area (Å²) in [4.78, 5) is 12.2. The molecule has 0 aliphatic carbocycles. The van der Waals surface area contributed by atoms with Gasteiger partial charge in [-0.05, 0) is 36.8 Å². The van der Waals surface area contributed by atoms with E-state index in [-0.39, 0.29) is 11.7 Å². The lowest BCUT2D eigenvalue weighted by Crippen LogP contribution is -2.15. The Morgan fingerprint density at radius 2 is 2.04 bits per heavy atom. The van der Waals surface area contributed by atoms with Crippen LogP contribution in [0.2, 0.25) is 0 Å². The standard InChI is InChI=1S/C17H18BrN5OS/c1-2-8-23-16(22-9-3-4-10-22)20-21-17(23)25-12-15(24)19-14-7-5-6-13(18)11-14/h3-7,9-11H,2,8,12H2,1H3,(H,19,24). The summed E-state index contributed by atoms with van der Waals surface area (Å²) in [5.74, 6) is 0.971. The summed E-state index contributed by atoms with van der Waals surface area (Å²) in [7, 11) is 0. The van der Waals surface area contributed by atoms with Crippen molar-refractivity contribution in [3.05, 3.63) is 53.3 Å². The molecule has 0 radical (unpaired) electrons. The number of aromatic nitrogens is 4. The van der Waals surface area contributed by atoms with Gasteiger partial charge < -0.3 is 5.32 Å². The average molecular weight is 420 g/mol. The average Bonchev–Trinajstić information content (AvgIpc) is 3.23. The molecule has 0 fully saturated rings. The lowest BCUT2D eigenvalue weighted by Gasteiger charge is -2.09. The largest absolute Gasteiger partial charge is 0.325 e. The molecule has 2 heterocycles. The Hall–Kier alpha value is -2.06. The minimum absolute atomic E-state index is 0.0725. The third kappa shape index (κ3) is 4.52.